The zero-order chi connectivity index (χ0) is 52.9. The molecule has 0 unspecified atom stereocenters. The summed E-state index contributed by atoms with van der Waals surface area (Å²) in [5, 5.41) is 12.5. The van der Waals surface area contributed by atoms with Crippen molar-refractivity contribution in [1.82, 2.24) is 14.5 Å². The van der Waals surface area contributed by atoms with Crippen molar-refractivity contribution in [1.29, 1.82) is 0 Å². The molecule has 2 aromatic heterocycles. The number of hydrogen-bond donors (Lipinski definition) is 1. The van der Waals surface area contributed by atoms with Crippen LogP contribution in [0.4, 0.5) is 0 Å². The van der Waals surface area contributed by atoms with Gasteiger partial charge >= 0.3 is 0 Å². The molecule has 5 heteroatoms. The fraction of sp³-hybridized carbons (Fsp3) is 0.311. The van der Waals surface area contributed by atoms with Gasteiger partial charge < -0.3 is 5.11 Å². The summed E-state index contributed by atoms with van der Waals surface area (Å²) >= 11 is 0. The molecular formula is C61H66N3OPt-. The summed E-state index contributed by atoms with van der Waals surface area (Å²) in [6, 6.07) is 32.2. The fourth-order valence-electron chi connectivity index (χ4n) is 8.42. The number of phenols is 1. The molecule has 0 spiro atoms. The van der Waals surface area contributed by atoms with E-state index >= 15 is 0 Å². The van der Waals surface area contributed by atoms with Gasteiger partial charge in [-0.15, -0.1) is 29.3 Å². The second kappa shape index (κ2) is 18.3. The summed E-state index contributed by atoms with van der Waals surface area (Å²) in [5.74, 6) is -1.01. The number of fused-ring (bicyclic) bond motifs is 1. The zero-order valence-corrected chi connectivity index (χ0v) is 43.1. The van der Waals surface area contributed by atoms with E-state index < -0.39 is 35.3 Å². The molecule has 2 heterocycles. The molecule has 0 bridgehead atoms. The molecule has 0 fully saturated rings. The molecule has 0 aliphatic carbocycles. The molecule has 8 rings (SSSR count). The van der Waals surface area contributed by atoms with Crippen molar-refractivity contribution >= 4 is 11.0 Å². The Morgan fingerprint density at radius 3 is 1.86 bits per heavy atom. The number of aromatic hydroxyl groups is 1. The number of para-hydroxylation sites is 1. The Bertz CT molecular complexity index is 3410. The Hall–Kier alpha value is -5.57. The van der Waals surface area contributed by atoms with Gasteiger partial charge in [0.1, 0.15) is 11.6 Å². The van der Waals surface area contributed by atoms with E-state index in [0.29, 0.717) is 33.7 Å². The number of pyridine rings is 1. The van der Waals surface area contributed by atoms with Crippen LogP contribution in [-0.2, 0) is 37.3 Å². The minimum absolute atomic E-state index is 0. The van der Waals surface area contributed by atoms with Gasteiger partial charge in [0.2, 0.25) is 0 Å². The van der Waals surface area contributed by atoms with E-state index in [4.69, 9.17) is 19.6 Å². The van der Waals surface area contributed by atoms with Crippen molar-refractivity contribution in [2.75, 3.05) is 0 Å². The number of aryl methyl sites for hydroxylation is 1. The fourth-order valence-corrected chi connectivity index (χ4v) is 8.42. The number of hydrogen-bond acceptors (Lipinski definition) is 3. The van der Waals surface area contributed by atoms with E-state index in [9.17, 15) is 5.11 Å². The molecule has 0 atom stereocenters. The molecule has 4 nitrogen and oxygen atoms in total. The summed E-state index contributed by atoms with van der Waals surface area (Å²) in [6.07, 6.45) is 1.59. The Kier molecular flexibility index (Phi) is 10.9. The number of nitrogens with zero attached hydrogens (tertiary/aromatic N) is 3. The van der Waals surface area contributed by atoms with Crippen molar-refractivity contribution in [3.63, 3.8) is 0 Å². The number of imidazole rings is 1. The van der Waals surface area contributed by atoms with Crippen LogP contribution in [0.25, 0.3) is 72.7 Å². The second-order valence-electron chi connectivity index (χ2n) is 21.0. The second-order valence-corrected chi connectivity index (χ2v) is 21.0. The van der Waals surface area contributed by atoms with Crippen LogP contribution in [-0.4, -0.2) is 19.6 Å². The van der Waals surface area contributed by atoms with E-state index in [1.54, 1.807) is 18.3 Å². The summed E-state index contributed by atoms with van der Waals surface area (Å²) in [6.45, 7) is 28.8. The molecule has 342 valence electrons. The smallest absolute Gasteiger partial charge is 0.148 e. The van der Waals surface area contributed by atoms with Crippen LogP contribution < -0.4 is 0 Å². The zero-order valence-electron chi connectivity index (χ0n) is 47.8. The van der Waals surface area contributed by atoms with Crippen molar-refractivity contribution < 1.29 is 35.8 Å². The molecule has 8 aromatic rings. The number of aromatic nitrogens is 3. The molecular weight excluding hydrogens is 986 g/mol. The van der Waals surface area contributed by atoms with Gasteiger partial charge in [-0.05, 0) is 110 Å². The van der Waals surface area contributed by atoms with Crippen LogP contribution >= 0.6 is 0 Å². The first-order valence-electron chi connectivity index (χ1n) is 26.0. The average molecular weight is 1060 g/mol. The van der Waals surface area contributed by atoms with Gasteiger partial charge in [0.25, 0.3) is 0 Å². The van der Waals surface area contributed by atoms with E-state index in [1.807, 2.05) is 52.0 Å². The molecule has 0 saturated heterocycles. The van der Waals surface area contributed by atoms with Gasteiger partial charge in [-0.2, -0.15) is 0 Å². The summed E-state index contributed by atoms with van der Waals surface area (Å²) < 4.78 is 62.3. The van der Waals surface area contributed by atoms with Crippen LogP contribution in [0, 0.1) is 13.0 Å². The minimum atomic E-state index is -0.873. The first-order chi connectivity index (χ1) is 33.2. The maximum atomic E-state index is 12.5. The van der Waals surface area contributed by atoms with Crippen LogP contribution in [0.3, 0.4) is 0 Å². The molecule has 0 amide bonds. The van der Waals surface area contributed by atoms with Crippen molar-refractivity contribution in [3.05, 3.63) is 167 Å². The first-order valence-corrected chi connectivity index (χ1v) is 22.5. The van der Waals surface area contributed by atoms with Crippen LogP contribution in [0.5, 0.6) is 5.75 Å². The van der Waals surface area contributed by atoms with Gasteiger partial charge in [0.05, 0.1) is 29.1 Å². The normalized spacial score (nSPS) is 14.1. The number of phenolic OH excluding ortho intramolecular Hbond substituents is 1. The Morgan fingerprint density at radius 2 is 1.26 bits per heavy atom. The largest absolute Gasteiger partial charge is 0.507 e. The maximum absolute atomic E-state index is 12.5. The standard InChI is InChI=1S/C61H66N3O.Pt/c1-37(2)43-28-44(38(3)4)30-45(29-43)41-23-24-54(39(5)27-41)64-55-22-18-21-50(56(55)63-58(64)51-35-49(60(9,10)11)36-52(57(51)65)61(12,13)14)46-31-47(33-48(32-46)59(6,7)8)53-34-42(25-26-62-53)40-19-16-15-17-20-40;/h15-30,32-38,65H,1-14H3;/q-1;/i15D,16D,17D,19D,20D,37D,38D;. The first kappa shape index (κ1) is 39.6. The predicted molar refractivity (Wildman–Crippen MR) is 276 cm³/mol. The third-order valence-electron chi connectivity index (χ3n) is 12.4. The third kappa shape index (κ3) is 9.63. The van der Waals surface area contributed by atoms with Gasteiger partial charge in [0.15, 0.2) is 0 Å². The van der Waals surface area contributed by atoms with Crippen molar-refractivity contribution in [2.24, 2.45) is 0 Å². The van der Waals surface area contributed by atoms with Crippen LogP contribution in [0.2, 0.25) is 0 Å². The quantitative estimate of drug-likeness (QED) is 0.154. The molecule has 0 radical (unpaired) electrons. The van der Waals surface area contributed by atoms with E-state index in [1.165, 1.54) is 0 Å². The van der Waals surface area contributed by atoms with Crippen LogP contribution in [0.1, 0.15) is 145 Å². The molecule has 0 aliphatic rings. The van der Waals surface area contributed by atoms with Gasteiger partial charge in [-0.25, -0.2) is 4.98 Å². The van der Waals surface area contributed by atoms with Crippen molar-refractivity contribution in [2.45, 2.75) is 125 Å². The summed E-state index contributed by atoms with van der Waals surface area (Å²) in [4.78, 5) is 10.3. The maximum Gasteiger partial charge on any atom is 0.148 e. The topological polar surface area (TPSA) is 50.9 Å². The Labute approximate surface area is 418 Å². The minimum Gasteiger partial charge on any atom is -0.507 e. The van der Waals surface area contributed by atoms with Crippen molar-refractivity contribution in [3.8, 4) is 67.5 Å². The van der Waals surface area contributed by atoms with Gasteiger partial charge in [0, 0.05) is 41.3 Å². The van der Waals surface area contributed by atoms with E-state index in [2.05, 4.69) is 134 Å². The summed E-state index contributed by atoms with van der Waals surface area (Å²) in [5.41, 5.74) is 12.7. The predicted octanol–water partition coefficient (Wildman–Crippen LogP) is 16.7. The Balaban J connectivity index is 0.00000780. The molecule has 1 N–H and O–H groups in total. The van der Waals surface area contributed by atoms with Crippen LogP contribution in [0.15, 0.2) is 127 Å². The van der Waals surface area contributed by atoms with Gasteiger partial charge in [-0.3, -0.25) is 9.55 Å². The van der Waals surface area contributed by atoms with Gasteiger partial charge in [-0.1, -0.05) is 180 Å². The van der Waals surface area contributed by atoms with E-state index in [-0.39, 0.29) is 55.3 Å². The molecule has 6 aromatic carbocycles. The monoisotopic (exact) mass is 1060 g/mol. The van der Waals surface area contributed by atoms with E-state index in [0.717, 1.165) is 66.8 Å². The third-order valence-corrected chi connectivity index (χ3v) is 12.4. The average Bonchev–Trinajstić information content (AvgIpc) is 3.67. The SMILES string of the molecule is [2H]c1c([2H])c([2H])c(-c2ccnc(-c3[c-]c(-c4cccc5c4nc(-c4cc(C(C)(C)C)cc(C(C)(C)C)c4O)n5-c4ccc(-c5cc(C([2H])(C)C)cc(C([2H])(C)C)c5)cc4C)cc(C(C)(C)C)c3)c2)c([2H])c1[2H].[Pt]. The Morgan fingerprint density at radius 1 is 0.636 bits per heavy atom. The molecule has 0 saturated carbocycles. The number of benzene rings is 6. The summed E-state index contributed by atoms with van der Waals surface area (Å²) in [7, 11) is 0. The number of rotatable bonds is 8. The molecule has 66 heavy (non-hydrogen) atoms. The molecule has 0 aliphatic heterocycles.